The van der Waals surface area contributed by atoms with Gasteiger partial charge >= 0.3 is 6.09 Å². The first kappa shape index (κ1) is 18.5. The summed E-state index contributed by atoms with van der Waals surface area (Å²) in [5.74, 6) is 0. The van der Waals surface area contributed by atoms with E-state index < -0.39 is 5.60 Å². The highest BCUT2D eigenvalue weighted by Crippen LogP contribution is 2.23. The molecule has 2 rings (SSSR count). The normalized spacial score (nSPS) is 29.4. The zero-order valence-electron chi connectivity index (χ0n) is 15.3. The minimum atomic E-state index is -0.429. The Kier molecular flexibility index (Phi) is 6.72. The van der Waals surface area contributed by atoms with Gasteiger partial charge in [0.15, 0.2) is 0 Å². The summed E-state index contributed by atoms with van der Waals surface area (Å²) >= 11 is 0. The maximum Gasteiger partial charge on any atom is 0.410 e. The van der Waals surface area contributed by atoms with E-state index in [1.54, 1.807) is 7.11 Å². The molecule has 2 fully saturated rings. The molecule has 2 aliphatic rings. The monoisotopic (exact) mass is 326 g/mol. The maximum absolute atomic E-state index is 12.4. The summed E-state index contributed by atoms with van der Waals surface area (Å²) in [6, 6.07) is 0.762. The highest BCUT2D eigenvalue weighted by Gasteiger charge is 2.31. The van der Waals surface area contributed by atoms with E-state index in [0.717, 1.165) is 32.4 Å². The number of nitrogens with one attached hydrogen (secondary N) is 1. The zero-order valence-corrected chi connectivity index (χ0v) is 15.3. The molecule has 3 atom stereocenters. The van der Waals surface area contributed by atoms with Crippen LogP contribution in [0.4, 0.5) is 4.79 Å². The minimum absolute atomic E-state index is 0.164. The number of rotatable bonds is 4. The highest BCUT2D eigenvalue weighted by atomic mass is 16.6. The van der Waals surface area contributed by atoms with E-state index in [0.29, 0.717) is 12.1 Å². The molecular weight excluding hydrogens is 292 g/mol. The summed E-state index contributed by atoms with van der Waals surface area (Å²) in [5.41, 5.74) is -0.429. The van der Waals surface area contributed by atoms with E-state index in [4.69, 9.17) is 9.47 Å². The van der Waals surface area contributed by atoms with E-state index in [1.807, 2.05) is 25.7 Å². The molecule has 5 heteroatoms. The van der Waals surface area contributed by atoms with Gasteiger partial charge in [0.1, 0.15) is 5.60 Å². The van der Waals surface area contributed by atoms with E-state index in [1.165, 1.54) is 25.7 Å². The number of piperidine rings is 1. The Morgan fingerprint density at radius 2 is 1.96 bits per heavy atom. The fourth-order valence-electron chi connectivity index (χ4n) is 3.62. The van der Waals surface area contributed by atoms with Crippen molar-refractivity contribution in [2.24, 2.45) is 0 Å². The number of carbonyl (C=O) groups is 1. The Hall–Kier alpha value is -0.810. The molecule has 0 aromatic carbocycles. The van der Waals surface area contributed by atoms with Crippen LogP contribution in [0.25, 0.3) is 0 Å². The van der Waals surface area contributed by atoms with E-state index >= 15 is 0 Å². The molecule has 1 saturated heterocycles. The second-order valence-electron chi connectivity index (χ2n) is 7.95. The van der Waals surface area contributed by atoms with Gasteiger partial charge < -0.3 is 19.7 Å². The largest absolute Gasteiger partial charge is 0.444 e. The fourth-order valence-corrected chi connectivity index (χ4v) is 3.62. The molecule has 0 aromatic rings. The summed E-state index contributed by atoms with van der Waals surface area (Å²) < 4.78 is 11.1. The van der Waals surface area contributed by atoms with Crippen molar-refractivity contribution in [1.82, 2.24) is 10.2 Å². The molecule has 1 amide bonds. The van der Waals surface area contributed by atoms with Crippen LogP contribution >= 0.6 is 0 Å². The van der Waals surface area contributed by atoms with Crippen LogP contribution in [-0.2, 0) is 9.47 Å². The summed E-state index contributed by atoms with van der Waals surface area (Å²) in [4.78, 5) is 14.4. The second-order valence-corrected chi connectivity index (χ2v) is 7.95. The smallest absolute Gasteiger partial charge is 0.410 e. The van der Waals surface area contributed by atoms with Gasteiger partial charge in [-0.15, -0.1) is 0 Å². The number of hydrogen-bond donors (Lipinski definition) is 1. The number of methoxy groups -OCH3 is 1. The summed E-state index contributed by atoms with van der Waals surface area (Å²) in [5, 5.41) is 3.67. The van der Waals surface area contributed by atoms with E-state index in [-0.39, 0.29) is 12.1 Å². The lowest BCUT2D eigenvalue weighted by atomic mass is 9.92. The SMILES string of the molecule is COC1CCCC(NCC2CCCCN2C(=O)OC(C)(C)C)C1. The zero-order chi connectivity index (χ0) is 16.9. The number of nitrogens with zero attached hydrogens (tertiary/aromatic N) is 1. The lowest BCUT2D eigenvalue weighted by molar-refractivity contribution is 0.00862. The lowest BCUT2D eigenvalue weighted by Gasteiger charge is -2.38. The lowest BCUT2D eigenvalue weighted by Crippen LogP contribution is -2.52. The number of carbonyl (C=O) groups excluding carboxylic acids is 1. The fraction of sp³-hybridized carbons (Fsp3) is 0.944. The average Bonchev–Trinajstić information content (AvgIpc) is 2.52. The Labute approximate surface area is 141 Å². The number of hydrogen-bond acceptors (Lipinski definition) is 4. The molecule has 1 aliphatic heterocycles. The second kappa shape index (κ2) is 8.34. The van der Waals surface area contributed by atoms with Crippen molar-refractivity contribution in [2.75, 3.05) is 20.2 Å². The molecule has 1 saturated carbocycles. The molecule has 0 radical (unpaired) electrons. The van der Waals surface area contributed by atoms with Gasteiger partial charge in [0.25, 0.3) is 0 Å². The average molecular weight is 326 g/mol. The third-order valence-electron chi connectivity index (χ3n) is 4.86. The van der Waals surface area contributed by atoms with E-state index in [2.05, 4.69) is 5.32 Å². The predicted molar refractivity (Wildman–Crippen MR) is 91.6 cm³/mol. The molecule has 0 aromatic heterocycles. The van der Waals surface area contributed by atoms with Gasteiger partial charge in [-0.3, -0.25) is 0 Å². The number of ether oxygens (including phenoxy) is 2. The molecule has 3 unspecified atom stereocenters. The Morgan fingerprint density at radius 1 is 1.17 bits per heavy atom. The van der Waals surface area contributed by atoms with Crippen molar-refractivity contribution in [1.29, 1.82) is 0 Å². The van der Waals surface area contributed by atoms with Crippen molar-refractivity contribution >= 4 is 6.09 Å². The van der Waals surface area contributed by atoms with Gasteiger partial charge in [0.05, 0.1) is 6.10 Å². The van der Waals surface area contributed by atoms with Gasteiger partial charge in [0.2, 0.25) is 0 Å². The first-order valence-electron chi connectivity index (χ1n) is 9.15. The van der Waals surface area contributed by atoms with Crippen LogP contribution < -0.4 is 5.32 Å². The van der Waals surface area contributed by atoms with Crippen molar-refractivity contribution in [3.8, 4) is 0 Å². The minimum Gasteiger partial charge on any atom is -0.444 e. The highest BCUT2D eigenvalue weighted by molar-refractivity contribution is 5.68. The van der Waals surface area contributed by atoms with Gasteiger partial charge in [-0.1, -0.05) is 0 Å². The topological polar surface area (TPSA) is 50.8 Å². The summed E-state index contributed by atoms with van der Waals surface area (Å²) in [7, 11) is 1.80. The Bertz CT molecular complexity index is 381. The summed E-state index contributed by atoms with van der Waals surface area (Å²) in [6.07, 6.45) is 8.22. The molecule has 1 aliphatic carbocycles. The molecule has 23 heavy (non-hydrogen) atoms. The third-order valence-corrected chi connectivity index (χ3v) is 4.86. The maximum atomic E-state index is 12.4. The van der Waals surface area contributed by atoms with Crippen LogP contribution in [0.5, 0.6) is 0 Å². The number of amides is 1. The Morgan fingerprint density at radius 3 is 2.65 bits per heavy atom. The van der Waals surface area contributed by atoms with Gasteiger partial charge in [0, 0.05) is 32.3 Å². The third kappa shape index (κ3) is 5.96. The molecule has 0 spiro atoms. The summed E-state index contributed by atoms with van der Waals surface area (Å²) in [6.45, 7) is 7.45. The van der Waals surface area contributed by atoms with E-state index in [9.17, 15) is 4.79 Å². The van der Waals surface area contributed by atoms with Crippen LogP contribution in [-0.4, -0.2) is 55.0 Å². The standard InChI is InChI=1S/C18H34N2O3/c1-18(2,3)23-17(21)20-11-6-5-9-15(20)13-19-14-8-7-10-16(12-14)22-4/h14-16,19H,5-13H2,1-4H3. The van der Waals surface area contributed by atoms with Crippen LogP contribution in [0.2, 0.25) is 0 Å². The first-order chi connectivity index (χ1) is 10.9. The van der Waals surface area contributed by atoms with Crippen molar-refractivity contribution in [3.63, 3.8) is 0 Å². The Balaban J connectivity index is 1.85. The van der Waals surface area contributed by atoms with Crippen molar-refractivity contribution < 1.29 is 14.3 Å². The molecule has 1 heterocycles. The van der Waals surface area contributed by atoms with Crippen molar-refractivity contribution in [3.05, 3.63) is 0 Å². The van der Waals surface area contributed by atoms with Crippen molar-refractivity contribution in [2.45, 2.75) is 89.5 Å². The quantitative estimate of drug-likeness (QED) is 0.861. The number of likely N-dealkylation sites (tertiary alicyclic amines) is 1. The van der Waals surface area contributed by atoms with Gasteiger partial charge in [-0.2, -0.15) is 0 Å². The van der Waals surface area contributed by atoms with Crippen LogP contribution in [0.1, 0.15) is 65.7 Å². The van der Waals surface area contributed by atoms with Crippen LogP contribution in [0.15, 0.2) is 0 Å². The van der Waals surface area contributed by atoms with Crippen LogP contribution in [0.3, 0.4) is 0 Å². The van der Waals surface area contributed by atoms with Gasteiger partial charge in [-0.25, -0.2) is 4.79 Å². The molecule has 134 valence electrons. The molecular formula is C18H34N2O3. The first-order valence-corrected chi connectivity index (χ1v) is 9.15. The molecule has 5 nitrogen and oxygen atoms in total. The predicted octanol–water partition coefficient (Wildman–Crippen LogP) is 3.32. The van der Waals surface area contributed by atoms with Gasteiger partial charge in [-0.05, 0) is 65.7 Å². The molecule has 0 bridgehead atoms. The molecule has 1 N–H and O–H groups in total. The van der Waals surface area contributed by atoms with Crippen LogP contribution in [0, 0.1) is 0 Å².